The summed E-state index contributed by atoms with van der Waals surface area (Å²) in [5.74, 6) is -1.35. The summed E-state index contributed by atoms with van der Waals surface area (Å²) in [6.07, 6.45) is 6.73. The van der Waals surface area contributed by atoms with Crippen LogP contribution in [0.1, 0.15) is 65.4 Å². The number of aliphatic hydroxyl groups is 1. The molecule has 7 nitrogen and oxygen atoms in total. The molecular weight excluding hydrogens is 508 g/mol. The monoisotopic (exact) mass is 548 g/mol. The minimum Gasteiger partial charge on any atom is -0.457 e. The van der Waals surface area contributed by atoms with Gasteiger partial charge in [0.05, 0.1) is 12.5 Å². The molecule has 0 saturated heterocycles. The van der Waals surface area contributed by atoms with Crippen LogP contribution in [0.5, 0.6) is 0 Å². The smallest absolute Gasteiger partial charge is 0.310 e. The molecule has 0 aliphatic heterocycles. The number of ether oxygens (including phenoxy) is 2. The van der Waals surface area contributed by atoms with Gasteiger partial charge in [0.1, 0.15) is 0 Å². The van der Waals surface area contributed by atoms with Gasteiger partial charge >= 0.3 is 11.9 Å². The summed E-state index contributed by atoms with van der Waals surface area (Å²) < 4.78 is 11.5. The molecule has 4 aliphatic carbocycles. The van der Waals surface area contributed by atoms with Gasteiger partial charge in [-0.15, -0.1) is 0 Å². The van der Waals surface area contributed by atoms with E-state index in [0.29, 0.717) is 12.8 Å². The summed E-state index contributed by atoms with van der Waals surface area (Å²) in [5.41, 5.74) is -0.922. The van der Waals surface area contributed by atoms with Crippen LogP contribution >= 0.6 is 0 Å². The highest BCUT2D eigenvalue weighted by Crippen LogP contribution is 2.68. The van der Waals surface area contributed by atoms with Gasteiger partial charge in [-0.2, -0.15) is 0 Å². The molecule has 1 unspecified atom stereocenters. The maximum atomic E-state index is 14.0. The molecule has 7 heteroatoms. The molecule has 0 radical (unpaired) electrons. The molecule has 0 amide bonds. The zero-order valence-electron chi connectivity index (χ0n) is 23.9. The molecule has 0 aromatic heterocycles. The predicted octanol–water partition coefficient (Wildman–Crippen LogP) is 4.56. The minimum absolute atomic E-state index is 0.0152. The van der Waals surface area contributed by atoms with Gasteiger partial charge in [-0.1, -0.05) is 69.7 Å². The van der Waals surface area contributed by atoms with Gasteiger partial charge in [-0.3, -0.25) is 19.2 Å². The van der Waals surface area contributed by atoms with Crippen molar-refractivity contribution in [1.29, 1.82) is 0 Å². The van der Waals surface area contributed by atoms with Crippen LogP contribution in [0.15, 0.2) is 54.1 Å². The van der Waals surface area contributed by atoms with Crippen LogP contribution in [-0.2, 0) is 35.1 Å². The largest absolute Gasteiger partial charge is 0.457 e. The lowest BCUT2D eigenvalue weighted by Crippen LogP contribution is -2.63. The van der Waals surface area contributed by atoms with Gasteiger partial charge in [-0.25, -0.2) is 0 Å². The van der Waals surface area contributed by atoms with E-state index < -0.39 is 46.9 Å². The van der Waals surface area contributed by atoms with E-state index in [1.807, 2.05) is 43.3 Å². The number of carbonyl (C=O) groups is 4. The van der Waals surface area contributed by atoms with Gasteiger partial charge in [0.2, 0.25) is 5.78 Å². The summed E-state index contributed by atoms with van der Waals surface area (Å²) in [4.78, 5) is 51.6. The quantitative estimate of drug-likeness (QED) is 0.498. The molecule has 40 heavy (non-hydrogen) atoms. The fourth-order valence-electron chi connectivity index (χ4n) is 8.76. The van der Waals surface area contributed by atoms with Gasteiger partial charge in [0.25, 0.3) is 0 Å². The highest BCUT2D eigenvalue weighted by atomic mass is 16.6. The predicted molar refractivity (Wildman–Crippen MR) is 148 cm³/mol. The number of esters is 2. The number of Topliss-reactive ketones (excluding diaryl/α,β-unsaturated/α-hetero) is 1. The Morgan fingerprint density at radius 1 is 1.10 bits per heavy atom. The second-order valence-corrected chi connectivity index (χ2v) is 12.7. The Hall–Kier alpha value is -3.06. The number of allylic oxidation sites excluding steroid dienone is 4. The van der Waals surface area contributed by atoms with Crippen LogP contribution in [0.2, 0.25) is 0 Å². The summed E-state index contributed by atoms with van der Waals surface area (Å²) in [7, 11) is 0. The molecule has 214 valence electrons. The SMILES string of the molecule is CCC(=O)O[C@@]1(C(=O)COC(=O)Cc2ccccc2)CC[C@H]2[C@@H]3CC(C)C4=CC(=O)C=C[C@]4(C)[C@H]3[C@@H](O)C[C@@]21C. The van der Waals surface area contributed by atoms with Crippen LogP contribution in [-0.4, -0.2) is 46.9 Å². The average molecular weight is 549 g/mol. The summed E-state index contributed by atoms with van der Waals surface area (Å²) in [5, 5.41) is 11.8. The van der Waals surface area contributed by atoms with Gasteiger partial charge in [0, 0.05) is 23.2 Å². The number of hydrogen-bond acceptors (Lipinski definition) is 7. The standard InChI is InChI=1S/C33H40O7/c1-5-28(37)40-33(27(36)19-39-29(38)16-21-9-7-6-8-10-21)14-12-24-23-15-20(2)25-17-22(34)11-13-31(25,3)30(23)26(35)18-32(24,33)4/h6-11,13,17,20,23-24,26,30,35H,5,12,14-16,18-19H2,1-4H3/t20?,23-,24-,26-,30+,31-,32-,33+/m0/s1. The number of rotatable bonds is 7. The van der Waals surface area contributed by atoms with Gasteiger partial charge in [0.15, 0.2) is 18.0 Å². The Morgan fingerprint density at radius 3 is 2.52 bits per heavy atom. The third kappa shape index (κ3) is 4.47. The third-order valence-electron chi connectivity index (χ3n) is 10.5. The van der Waals surface area contributed by atoms with Crippen molar-refractivity contribution < 1.29 is 33.8 Å². The number of ketones is 2. The molecule has 0 bridgehead atoms. The zero-order valence-corrected chi connectivity index (χ0v) is 23.9. The lowest BCUT2D eigenvalue weighted by atomic mass is 9.44. The van der Waals surface area contributed by atoms with E-state index >= 15 is 0 Å². The van der Waals surface area contributed by atoms with E-state index in [4.69, 9.17) is 9.47 Å². The van der Waals surface area contributed by atoms with E-state index in [1.165, 1.54) is 0 Å². The van der Waals surface area contributed by atoms with Crippen molar-refractivity contribution in [2.75, 3.05) is 6.61 Å². The minimum atomic E-state index is -1.48. The Balaban J connectivity index is 1.44. The molecule has 3 saturated carbocycles. The number of benzene rings is 1. The number of carbonyl (C=O) groups excluding carboxylic acids is 4. The van der Waals surface area contributed by atoms with Crippen LogP contribution in [0.25, 0.3) is 0 Å². The Bertz CT molecular complexity index is 1260. The summed E-state index contributed by atoms with van der Waals surface area (Å²) in [6.45, 7) is 7.41. The van der Waals surface area contributed by atoms with E-state index in [1.54, 1.807) is 19.1 Å². The molecule has 0 spiro atoms. The Kier molecular flexibility index (Phi) is 7.40. The summed E-state index contributed by atoms with van der Waals surface area (Å²) in [6, 6.07) is 9.17. The van der Waals surface area contributed by atoms with Crippen LogP contribution < -0.4 is 0 Å². The lowest BCUT2D eigenvalue weighted by Gasteiger charge is -2.61. The molecular formula is C33H40O7. The maximum absolute atomic E-state index is 14.0. The van der Waals surface area contributed by atoms with Crippen molar-refractivity contribution in [3.05, 3.63) is 59.7 Å². The first-order valence-corrected chi connectivity index (χ1v) is 14.5. The average Bonchev–Trinajstić information content (AvgIpc) is 3.20. The molecule has 4 aliphatic rings. The molecule has 5 rings (SSSR count). The molecule has 1 aromatic carbocycles. The fourth-order valence-corrected chi connectivity index (χ4v) is 8.76. The van der Waals surface area contributed by atoms with E-state index in [9.17, 15) is 24.3 Å². The van der Waals surface area contributed by atoms with Gasteiger partial charge in [-0.05, 0) is 61.2 Å². The molecule has 1 aromatic rings. The highest BCUT2D eigenvalue weighted by molar-refractivity contribution is 6.01. The van der Waals surface area contributed by atoms with E-state index in [2.05, 4.69) is 13.8 Å². The molecule has 0 heterocycles. The first-order valence-electron chi connectivity index (χ1n) is 14.5. The van der Waals surface area contributed by atoms with Gasteiger partial charge < -0.3 is 14.6 Å². The first-order chi connectivity index (χ1) is 18.9. The number of hydrogen-bond donors (Lipinski definition) is 1. The van der Waals surface area contributed by atoms with Crippen molar-refractivity contribution >= 4 is 23.5 Å². The zero-order chi connectivity index (χ0) is 28.9. The third-order valence-corrected chi connectivity index (χ3v) is 10.5. The second-order valence-electron chi connectivity index (χ2n) is 12.7. The molecule has 3 fully saturated rings. The van der Waals surface area contributed by atoms with Crippen LogP contribution in [0.3, 0.4) is 0 Å². The maximum Gasteiger partial charge on any atom is 0.310 e. The number of aliphatic hydroxyl groups excluding tert-OH is 1. The first kappa shape index (κ1) is 28.5. The van der Waals surface area contributed by atoms with Crippen molar-refractivity contribution in [3.8, 4) is 0 Å². The van der Waals surface area contributed by atoms with Crippen LogP contribution in [0, 0.1) is 34.5 Å². The lowest BCUT2D eigenvalue weighted by molar-refractivity contribution is -0.201. The van der Waals surface area contributed by atoms with Crippen molar-refractivity contribution in [3.63, 3.8) is 0 Å². The number of fused-ring (bicyclic) bond motifs is 5. The van der Waals surface area contributed by atoms with E-state index in [-0.39, 0.29) is 48.7 Å². The summed E-state index contributed by atoms with van der Waals surface area (Å²) >= 11 is 0. The van der Waals surface area contributed by atoms with Crippen LogP contribution in [0.4, 0.5) is 0 Å². The topological polar surface area (TPSA) is 107 Å². The Labute approximate surface area is 236 Å². The highest BCUT2D eigenvalue weighted by Gasteiger charge is 2.70. The van der Waals surface area contributed by atoms with Crippen molar-refractivity contribution in [2.45, 2.75) is 77.9 Å². The van der Waals surface area contributed by atoms with E-state index in [0.717, 1.165) is 17.6 Å². The van der Waals surface area contributed by atoms with Crippen molar-refractivity contribution in [1.82, 2.24) is 0 Å². The molecule has 8 atom stereocenters. The fraction of sp³-hybridized carbons (Fsp3) is 0.576. The second kappa shape index (κ2) is 10.4. The Morgan fingerprint density at radius 2 is 1.82 bits per heavy atom. The normalized spacial score (nSPS) is 38.0. The molecule has 1 N–H and O–H groups in total. The van der Waals surface area contributed by atoms with Crippen molar-refractivity contribution in [2.24, 2.45) is 34.5 Å².